The van der Waals surface area contributed by atoms with Crippen LogP contribution in [0.1, 0.15) is 26.1 Å². The van der Waals surface area contributed by atoms with E-state index in [1.807, 2.05) is 43.1 Å². The smallest absolute Gasteiger partial charge is 0.257 e. The summed E-state index contributed by atoms with van der Waals surface area (Å²) in [5.41, 5.74) is 2.02. The van der Waals surface area contributed by atoms with Crippen molar-refractivity contribution in [2.24, 2.45) is 0 Å². The van der Waals surface area contributed by atoms with Crippen LogP contribution in [0.25, 0.3) is 11.5 Å². The van der Waals surface area contributed by atoms with E-state index >= 15 is 0 Å². The fourth-order valence-electron chi connectivity index (χ4n) is 1.54. The van der Waals surface area contributed by atoms with Crippen LogP contribution < -0.4 is 5.32 Å². The third-order valence-corrected chi connectivity index (χ3v) is 4.29. The van der Waals surface area contributed by atoms with E-state index in [0.29, 0.717) is 11.1 Å². The van der Waals surface area contributed by atoms with Gasteiger partial charge in [0.2, 0.25) is 0 Å². The molecule has 0 aliphatic rings. The number of thioether (sulfide) groups is 1. The number of benzene rings is 1. The number of rotatable bonds is 6. The number of hydrogen-bond acceptors (Lipinski definition) is 5. The molecule has 0 saturated heterocycles. The molecule has 1 unspecified atom stereocenters. The van der Waals surface area contributed by atoms with E-state index in [0.717, 1.165) is 29.2 Å². The predicted molar refractivity (Wildman–Crippen MR) is 80.3 cm³/mol. The van der Waals surface area contributed by atoms with Crippen LogP contribution >= 0.6 is 11.8 Å². The highest BCUT2D eigenvalue weighted by molar-refractivity contribution is 7.99. The van der Waals surface area contributed by atoms with E-state index in [1.165, 1.54) is 0 Å². The molecule has 1 N–H and O–H groups in total. The summed E-state index contributed by atoms with van der Waals surface area (Å²) in [5.74, 6) is 2.15. The molecular formula is C14H19N3OS. The minimum absolute atomic E-state index is 0.586. The topological polar surface area (TPSA) is 51.0 Å². The molecule has 0 saturated carbocycles. The first kappa shape index (κ1) is 13.9. The largest absolute Gasteiger partial charge is 0.388 e. The predicted octanol–water partition coefficient (Wildman–Crippen LogP) is 3.81. The minimum Gasteiger partial charge on any atom is -0.388 e. The zero-order valence-electron chi connectivity index (χ0n) is 11.5. The Kier molecular flexibility index (Phi) is 4.85. The normalized spacial score (nSPS) is 12.4. The molecule has 0 aliphatic carbocycles. The average molecular weight is 277 g/mol. The van der Waals surface area contributed by atoms with Gasteiger partial charge in [-0.15, -0.1) is 0 Å². The Bertz CT molecular complexity index is 510. The van der Waals surface area contributed by atoms with Gasteiger partial charge in [-0.05, 0) is 30.7 Å². The van der Waals surface area contributed by atoms with Gasteiger partial charge in [0.1, 0.15) is 0 Å². The van der Waals surface area contributed by atoms with Crippen LogP contribution in [0, 0.1) is 0 Å². The van der Waals surface area contributed by atoms with Crippen molar-refractivity contribution in [3.63, 3.8) is 0 Å². The highest BCUT2D eigenvalue weighted by Gasteiger charge is 2.10. The lowest BCUT2D eigenvalue weighted by Gasteiger charge is -2.04. The second-order valence-electron chi connectivity index (χ2n) is 4.37. The van der Waals surface area contributed by atoms with E-state index in [9.17, 15) is 0 Å². The second kappa shape index (κ2) is 6.61. The van der Waals surface area contributed by atoms with Gasteiger partial charge >= 0.3 is 0 Å². The Labute approximate surface area is 118 Å². The molecule has 19 heavy (non-hydrogen) atoms. The monoisotopic (exact) mass is 277 g/mol. The Hall–Kier alpha value is -1.49. The first-order valence-corrected chi connectivity index (χ1v) is 7.50. The number of anilines is 1. The average Bonchev–Trinajstić information content (AvgIpc) is 2.93. The summed E-state index contributed by atoms with van der Waals surface area (Å²) in [7, 11) is 1.89. The summed E-state index contributed by atoms with van der Waals surface area (Å²) in [6.07, 6.45) is 1.15. The van der Waals surface area contributed by atoms with Crippen molar-refractivity contribution < 1.29 is 4.52 Å². The molecule has 102 valence electrons. The van der Waals surface area contributed by atoms with E-state index in [1.54, 1.807) is 0 Å². The lowest BCUT2D eigenvalue weighted by molar-refractivity contribution is 0.425. The molecule has 0 amide bonds. The number of aromatic nitrogens is 2. The standard InChI is InChI=1S/C14H19N3OS/c1-4-10(2)19-9-13-16-14(18-17-13)11-5-7-12(15-3)8-6-11/h5-8,10,15H,4,9H2,1-3H3. The van der Waals surface area contributed by atoms with Gasteiger partial charge in [-0.3, -0.25) is 0 Å². The summed E-state index contributed by atoms with van der Waals surface area (Å²) >= 11 is 1.85. The molecule has 1 heterocycles. The number of nitrogens with one attached hydrogen (secondary N) is 1. The molecule has 0 radical (unpaired) electrons. The van der Waals surface area contributed by atoms with Crippen molar-refractivity contribution in [3.8, 4) is 11.5 Å². The van der Waals surface area contributed by atoms with Crippen molar-refractivity contribution in [1.82, 2.24) is 10.1 Å². The first-order valence-electron chi connectivity index (χ1n) is 6.45. The SMILES string of the molecule is CCC(C)SCc1noc(-c2ccc(NC)cc2)n1. The van der Waals surface area contributed by atoms with E-state index < -0.39 is 0 Å². The fourth-order valence-corrected chi connectivity index (χ4v) is 2.33. The van der Waals surface area contributed by atoms with Crippen molar-refractivity contribution in [1.29, 1.82) is 0 Å². The van der Waals surface area contributed by atoms with Crippen molar-refractivity contribution in [3.05, 3.63) is 30.1 Å². The summed E-state index contributed by atoms with van der Waals surface area (Å²) in [6.45, 7) is 4.39. The molecule has 5 heteroatoms. The molecule has 1 aromatic heterocycles. The molecule has 0 spiro atoms. The fraction of sp³-hybridized carbons (Fsp3) is 0.429. The van der Waals surface area contributed by atoms with Gasteiger partial charge in [0.05, 0.1) is 5.75 Å². The molecule has 2 aromatic rings. The van der Waals surface area contributed by atoms with Crippen LogP contribution in [-0.2, 0) is 5.75 Å². The van der Waals surface area contributed by atoms with Gasteiger partial charge in [-0.1, -0.05) is 19.0 Å². The van der Waals surface area contributed by atoms with Gasteiger partial charge in [-0.2, -0.15) is 16.7 Å². The van der Waals surface area contributed by atoms with Crippen molar-refractivity contribution in [2.75, 3.05) is 12.4 Å². The second-order valence-corrected chi connectivity index (χ2v) is 5.80. The van der Waals surface area contributed by atoms with Crippen molar-refractivity contribution in [2.45, 2.75) is 31.3 Å². The quantitative estimate of drug-likeness (QED) is 0.870. The molecule has 2 rings (SSSR count). The molecule has 1 atom stereocenters. The third kappa shape index (κ3) is 3.73. The Balaban J connectivity index is 2.03. The van der Waals surface area contributed by atoms with E-state index in [-0.39, 0.29) is 0 Å². The zero-order chi connectivity index (χ0) is 13.7. The first-order chi connectivity index (χ1) is 9.22. The zero-order valence-corrected chi connectivity index (χ0v) is 12.3. The summed E-state index contributed by atoms with van der Waals surface area (Å²) in [6, 6.07) is 7.94. The maximum atomic E-state index is 5.30. The maximum Gasteiger partial charge on any atom is 0.257 e. The van der Waals surface area contributed by atoms with E-state index in [4.69, 9.17) is 4.52 Å². The Morgan fingerprint density at radius 3 is 2.68 bits per heavy atom. The number of hydrogen-bond donors (Lipinski definition) is 1. The Morgan fingerprint density at radius 1 is 1.32 bits per heavy atom. The van der Waals surface area contributed by atoms with Crippen LogP contribution in [0.5, 0.6) is 0 Å². The van der Waals surface area contributed by atoms with Gasteiger partial charge in [0.25, 0.3) is 5.89 Å². The lowest BCUT2D eigenvalue weighted by atomic mass is 10.2. The lowest BCUT2D eigenvalue weighted by Crippen LogP contribution is -1.94. The molecule has 0 bridgehead atoms. The van der Waals surface area contributed by atoms with Crippen LogP contribution in [0.2, 0.25) is 0 Å². The summed E-state index contributed by atoms with van der Waals surface area (Å²) in [5, 5.41) is 7.72. The highest BCUT2D eigenvalue weighted by atomic mass is 32.2. The molecular weight excluding hydrogens is 258 g/mol. The highest BCUT2D eigenvalue weighted by Crippen LogP contribution is 2.22. The van der Waals surface area contributed by atoms with E-state index in [2.05, 4.69) is 29.3 Å². The van der Waals surface area contributed by atoms with Gasteiger partial charge in [-0.25, -0.2) is 0 Å². The van der Waals surface area contributed by atoms with Crippen LogP contribution in [0.15, 0.2) is 28.8 Å². The van der Waals surface area contributed by atoms with Crippen LogP contribution in [-0.4, -0.2) is 22.4 Å². The van der Waals surface area contributed by atoms with Gasteiger partial charge in [0.15, 0.2) is 5.82 Å². The third-order valence-electron chi connectivity index (χ3n) is 2.96. The van der Waals surface area contributed by atoms with Crippen molar-refractivity contribution >= 4 is 17.4 Å². The molecule has 4 nitrogen and oxygen atoms in total. The summed E-state index contributed by atoms with van der Waals surface area (Å²) < 4.78 is 5.30. The molecule has 0 fully saturated rings. The minimum atomic E-state index is 0.586. The summed E-state index contributed by atoms with van der Waals surface area (Å²) in [4.78, 5) is 4.42. The van der Waals surface area contributed by atoms with Crippen LogP contribution in [0.3, 0.4) is 0 Å². The van der Waals surface area contributed by atoms with Gasteiger partial charge in [0, 0.05) is 23.5 Å². The van der Waals surface area contributed by atoms with Crippen LogP contribution in [0.4, 0.5) is 5.69 Å². The molecule has 1 aromatic carbocycles. The number of nitrogens with zero attached hydrogens (tertiary/aromatic N) is 2. The van der Waals surface area contributed by atoms with Gasteiger partial charge < -0.3 is 9.84 Å². The maximum absolute atomic E-state index is 5.30. The Morgan fingerprint density at radius 2 is 2.05 bits per heavy atom. The molecule has 0 aliphatic heterocycles.